The molecule has 0 unspecified atom stereocenters. The fourth-order valence-electron chi connectivity index (χ4n) is 3.34. The molecular weight excluding hydrogens is 324 g/mol. The Hall–Kier alpha value is -0.746. The third kappa shape index (κ3) is 5.96. The van der Waals surface area contributed by atoms with E-state index in [4.69, 9.17) is 0 Å². The maximum atomic E-state index is 2.66. The van der Waals surface area contributed by atoms with Crippen LogP contribution in [-0.2, 0) is 0 Å². The zero-order valence-electron chi connectivity index (χ0n) is 17.4. The highest BCUT2D eigenvalue weighted by molar-refractivity contribution is 6.80. The minimum absolute atomic E-state index is 0.960. The molecule has 0 spiro atoms. The van der Waals surface area contributed by atoms with E-state index < -0.39 is 16.3 Å². The van der Waals surface area contributed by atoms with Gasteiger partial charge in [-0.25, -0.2) is 0 Å². The van der Waals surface area contributed by atoms with Gasteiger partial charge in [-0.1, -0.05) is 63.9 Å². The lowest BCUT2D eigenvalue weighted by molar-refractivity contribution is 0.782. The van der Waals surface area contributed by atoms with Gasteiger partial charge < -0.3 is 9.47 Å². The molecule has 0 bridgehead atoms. The summed E-state index contributed by atoms with van der Waals surface area (Å²) in [5.41, 5.74) is 2.87. The van der Waals surface area contributed by atoms with E-state index in [2.05, 4.69) is 87.2 Å². The first-order valence-electron chi connectivity index (χ1n) is 9.78. The Morgan fingerprint density at radius 3 is 1.88 bits per heavy atom. The lowest BCUT2D eigenvalue weighted by Gasteiger charge is -2.39. The summed E-state index contributed by atoms with van der Waals surface area (Å²) in [4.78, 5) is 2.60. The topological polar surface area (TPSA) is 6.48 Å². The van der Waals surface area contributed by atoms with Crippen molar-refractivity contribution in [3.8, 4) is 0 Å². The van der Waals surface area contributed by atoms with Gasteiger partial charge in [0.25, 0.3) is 0 Å². The molecule has 1 aromatic rings. The van der Waals surface area contributed by atoms with E-state index in [0.29, 0.717) is 0 Å². The summed E-state index contributed by atoms with van der Waals surface area (Å²) in [6.07, 6.45) is 1.33. The first kappa shape index (κ1) is 21.3. The van der Waals surface area contributed by atoms with Crippen LogP contribution in [0.5, 0.6) is 0 Å². The zero-order chi connectivity index (χ0) is 18.4. The molecule has 0 aliphatic heterocycles. The van der Waals surface area contributed by atoms with Crippen molar-refractivity contribution >= 4 is 27.7 Å². The van der Waals surface area contributed by atoms with Crippen molar-refractivity contribution < 1.29 is 0 Å². The molecule has 0 saturated carbocycles. The smallest absolute Gasteiger partial charge is 0.147 e. The van der Waals surface area contributed by atoms with E-state index in [9.17, 15) is 0 Å². The lowest BCUT2D eigenvalue weighted by atomic mass is 10.2. The SMILES string of the molecule is CCN(CCC[Si](C)(C)CC)c1ccccc1N(CC)[Si](C)(C)C. The molecule has 4 heteroatoms. The number of rotatable bonds is 10. The van der Waals surface area contributed by atoms with Gasteiger partial charge in [0.1, 0.15) is 8.24 Å². The van der Waals surface area contributed by atoms with E-state index in [-0.39, 0.29) is 0 Å². The van der Waals surface area contributed by atoms with Crippen LogP contribution in [0.4, 0.5) is 11.4 Å². The summed E-state index contributed by atoms with van der Waals surface area (Å²) in [6.45, 7) is 22.7. The van der Waals surface area contributed by atoms with E-state index in [0.717, 1.165) is 13.1 Å². The fourth-order valence-corrected chi connectivity index (χ4v) is 6.67. The van der Waals surface area contributed by atoms with Crippen LogP contribution < -0.4 is 9.47 Å². The largest absolute Gasteiger partial charge is 0.397 e. The molecule has 0 heterocycles. The van der Waals surface area contributed by atoms with Crippen molar-refractivity contribution in [1.82, 2.24) is 0 Å². The van der Waals surface area contributed by atoms with Gasteiger partial charge in [-0.05, 0) is 32.4 Å². The van der Waals surface area contributed by atoms with Crippen LogP contribution >= 0.6 is 0 Å². The van der Waals surface area contributed by atoms with Crippen molar-refractivity contribution in [2.45, 2.75) is 72.0 Å². The van der Waals surface area contributed by atoms with Crippen molar-refractivity contribution in [1.29, 1.82) is 0 Å². The number of hydrogen-bond acceptors (Lipinski definition) is 2. The summed E-state index contributed by atoms with van der Waals surface area (Å²) >= 11 is 0. The molecule has 1 rings (SSSR count). The predicted octanol–water partition coefficient (Wildman–Crippen LogP) is 6.29. The molecule has 2 nitrogen and oxygen atoms in total. The summed E-state index contributed by atoms with van der Waals surface area (Å²) in [6, 6.07) is 11.9. The molecule has 0 radical (unpaired) electrons. The average Bonchev–Trinajstić information content (AvgIpc) is 2.52. The van der Waals surface area contributed by atoms with Crippen LogP contribution in [0.1, 0.15) is 27.2 Å². The maximum absolute atomic E-state index is 2.66. The van der Waals surface area contributed by atoms with E-state index in [1.165, 1.54) is 36.4 Å². The second-order valence-electron chi connectivity index (χ2n) is 8.60. The number of para-hydroxylation sites is 2. The maximum Gasteiger partial charge on any atom is 0.147 e. The van der Waals surface area contributed by atoms with Gasteiger partial charge in [0.05, 0.1) is 11.4 Å². The Kier molecular flexibility index (Phi) is 8.07. The van der Waals surface area contributed by atoms with Crippen molar-refractivity contribution in [2.24, 2.45) is 0 Å². The second kappa shape index (κ2) is 9.09. The Bertz CT molecular complexity index is 495. The van der Waals surface area contributed by atoms with Gasteiger partial charge >= 0.3 is 0 Å². The van der Waals surface area contributed by atoms with Crippen molar-refractivity contribution in [3.05, 3.63) is 24.3 Å². The predicted molar refractivity (Wildman–Crippen MR) is 118 cm³/mol. The number of benzene rings is 1. The van der Waals surface area contributed by atoms with Gasteiger partial charge in [0.15, 0.2) is 0 Å². The fraction of sp³-hybridized carbons (Fsp3) is 0.700. The zero-order valence-corrected chi connectivity index (χ0v) is 19.4. The summed E-state index contributed by atoms with van der Waals surface area (Å²) in [7, 11) is -2.33. The Morgan fingerprint density at radius 1 is 0.833 bits per heavy atom. The van der Waals surface area contributed by atoms with Crippen LogP contribution in [0.3, 0.4) is 0 Å². The summed E-state index contributed by atoms with van der Waals surface area (Å²) < 4.78 is 2.66. The molecule has 0 aliphatic carbocycles. The molecule has 0 N–H and O–H groups in total. The molecule has 138 valence electrons. The standard InChI is InChI=1S/C20H40N2Si2/c1-9-21(17-14-18-24(7,8)11-3)19-15-12-13-16-20(19)22(10-2)23(4,5)6/h12-13,15-16H,9-11,14,17-18H2,1-8H3. The highest BCUT2D eigenvalue weighted by atomic mass is 28.3. The lowest BCUT2D eigenvalue weighted by Crippen LogP contribution is -2.46. The van der Waals surface area contributed by atoms with Gasteiger partial charge in [-0.15, -0.1) is 0 Å². The van der Waals surface area contributed by atoms with Gasteiger partial charge in [0, 0.05) is 27.7 Å². The molecule has 24 heavy (non-hydrogen) atoms. The van der Waals surface area contributed by atoms with Crippen molar-refractivity contribution in [3.63, 3.8) is 0 Å². The Morgan fingerprint density at radius 2 is 1.42 bits per heavy atom. The molecule has 0 atom stereocenters. The summed E-state index contributed by atoms with van der Waals surface area (Å²) in [5.74, 6) is 0. The average molecular weight is 365 g/mol. The minimum Gasteiger partial charge on any atom is -0.397 e. The molecule has 1 aromatic carbocycles. The number of nitrogens with zero attached hydrogens (tertiary/aromatic N) is 2. The van der Waals surface area contributed by atoms with Gasteiger partial charge in [-0.3, -0.25) is 0 Å². The molecule has 0 aliphatic rings. The van der Waals surface area contributed by atoms with Crippen LogP contribution in [-0.4, -0.2) is 35.9 Å². The first-order chi connectivity index (χ1) is 11.2. The van der Waals surface area contributed by atoms with Crippen LogP contribution in [0.25, 0.3) is 0 Å². The summed E-state index contributed by atoms with van der Waals surface area (Å²) in [5, 5.41) is 0. The molecular formula is C20H40N2Si2. The van der Waals surface area contributed by atoms with Crippen LogP contribution in [0.15, 0.2) is 24.3 Å². The Labute approximate surface area is 153 Å². The molecule has 0 fully saturated rings. The second-order valence-corrected chi connectivity index (χ2v) is 19.0. The quantitative estimate of drug-likeness (QED) is 0.450. The Balaban J connectivity index is 2.98. The number of anilines is 2. The third-order valence-corrected chi connectivity index (χ3v) is 11.1. The third-order valence-electron chi connectivity index (χ3n) is 5.26. The van der Waals surface area contributed by atoms with Crippen molar-refractivity contribution in [2.75, 3.05) is 29.1 Å². The number of hydrogen-bond donors (Lipinski definition) is 0. The van der Waals surface area contributed by atoms with Crippen LogP contribution in [0.2, 0.25) is 44.8 Å². The molecule has 0 saturated heterocycles. The highest BCUT2D eigenvalue weighted by Gasteiger charge is 2.26. The molecule has 0 aromatic heterocycles. The normalized spacial score (nSPS) is 12.3. The van der Waals surface area contributed by atoms with E-state index in [1.54, 1.807) is 0 Å². The van der Waals surface area contributed by atoms with Gasteiger partial charge in [-0.2, -0.15) is 0 Å². The van der Waals surface area contributed by atoms with E-state index >= 15 is 0 Å². The van der Waals surface area contributed by atoms with Gasteiger partial charge in [0.2, 0.25) is 0 Å². The molecule has 0 amide bonds. The minimum atomic E-state index is -1.37. The first-order valence-corrected chi connectivity index (χ1v) is 16.6. The van der Waals surface area contributed by atoms with Crippen LogP contribution in [0, 0.1) is 0 Å². The van der Waals surface area contributed by atoms with E-state index in [1.807, 2.05) is 0 Å². The monoisotopic (exact) mass is 364 g/mol. The highest BCUT2D eigenvalue weighted by Crippen LogP contribution is 2.33.